The topological polar surface area (TPSA) is 58.1 Å². The molecule has 5 nitrogen and oxygen atoms in total. The van der Waals surface area contributed by atoms with Gasteiger partial charge in [-0.3, -0.25) is 9.78 Å². The van der Waals surface area contributed by atoms with Gasteiger partial charge in [-0.2, -0.15) is 0 Å². The van der Waals surface area contributed by atoms with E-state index >= 15 is 0 Å². The van der Waals surface area contributed by atoms with Crippen molar-refractivity contribution < 1.29 is 4.79 Å². The van der Waals surface area contributed by atoms with Crippen LogP contribution in [0.4, 0.5) is 5.82 Å². The Morgan fingerprint density at radius 2 is 2.25 bits per heavy atom. The summed E-state index contributed by atoms with van der Waals surface area (Å²) < 4.78 is 0. The monoisotopic (exact) mass is 276 g/mol. The second kappa shape index (κ2) is 6.68. The van der Waals surface area contributed by atoms with Crippen molar-refractivity contribution in [3.8, 4) is 0 Å². The van der Waals surface area contributed by atoms with Gasteiger partial charge < -0.3 is 10.2 Å². The standard InChI is InChI=1S/C15H24N4O/c1-4-7-17-14-10-16-9-13(18-14)15(20)19-8-5-6-11(2)12(19)3/h9-12H,4-8H2,1-3H3,(H,17,18). The number of likely N-dealkylation sites (tertiary alicyclic amines) is 1. The molecule has 5 heteroatoms. The van der Waals surface area contributed by atoms with Gasteiger partial charge in [0, 0.05) is 19.1 Å². The lowest BCUT2D eigenvalue weighted by Crippen LogP contribution is -2.46. The molecule has 2 heterocycles. The lowest BCUT2D eigenvalue weighted by atomic mass is 9.92. The first-order valence-electron chi connectivity index (χ1n) is 7.50. The number of rotatable bonds is 4. The van der Waals surface area contributed by atoms with Gasteiger partial charge in [0.2, 0.25) is 0 Å². The van der Waals surface area contributed by atoms with Crippen molar-refractivity contribution in [1.82, 2.24) is 14.9 Å². The van der Waals surface area contributed by atoms with Crippen molar-refractivity contribution in [1.29, 1.82) is 0 Å². The highest BCUT2D eigenvalue weighted by molar-refractivity contribution is 5.92. The second-order valence-corrected chi connectivity index (χ2v) is 5.57. The van der Waals surface area contributed by atoms with Gasteiger partial charge in [-0.15, -0.1) is 0 Å². The smallest absolute Gasteiger partial charge is 0.274 e. The highest BCUT2D eigenvalue weighted by Gasteiger charge is 2.29. The Morgan fingerprint density at radius 3 is 3.00 bits per heavy atom. The fourth-order valence-electron chi connectivity index (χ4n) is 2.58. The zero-order chi connectivity index (χ0) is 14.5. The van der Waals surface area contributed by atoms with Gasteiger partial charge in [0.25, 0.3) is 5.91 Å². The van der Waals surface area contributed by atoms with E-state index in [0.717, 1.165) is 25.9 Å². The average molecular weight is 276 g/mol. The number of anilines is 1. The fraction of sp³-hybridized carbons (Fsp3) is 0.667. The van der Waals surface area contributed by atoms with E-state index < -0.39 is 0 Å². The molecule has 0 radical (unpaired) electrons. The Balaban J connectivity index is 2.12. The van der Waals surface area contributed by atoms with Crippen LogP contribution in [0.25, 0.3) is 0 Å². The number of aromatic nitrogens is 2. The van der Waals surface area contributed by atoms with Gasteiger partial charge in [0.1, 0.15) is 11.5 Å². The van der Waals surface area contributed by atoms with E-state index in [0.29, 0.717) is 17.4 Å². The molecular weight excluding hydrogens is 252 g/mol. The summed E-state index contributed by atoms with van der Waals surface area (Å²) in [6.07, 6.45) is 6.49. The quantitative estimate of drug-likeness (QED) is 0.918. The summed E-state index contributed by atoms with van der Waals surface area (Å²) in [6, 6.07) is 0.269. The van der Waals surface area contributed by atoms with E-state index in [1.54, 1.807) is 12.4 Å². The van der Waals surface area contributed by atoms with Crippen LogP contribution >= 0.6 is 0 Å². The summed E-state index contributed by atoms with van der Waals surface area (Å²) in [5, 5.41) is 3.17. The predicted molar refractivity (Wildman–Crippen MR) is 79.7 cm³/mol. The summed E-state index contributed by atoms with van der Waals surface area (Å²) in [4.78, 5) is 23.0. The summed E-state index contributed by atoms with van der Waals surface area (Å²) in [5.74, 6) is 1.22. The van der Waals surface area contributed by atoms with E-state index in [9.17, 15) is 4.79 Å². The van der Waals surface area contributed by atoms with Crippen LogP contribution in [0.3, 0.4) is 0 Å². The maximum Gasteiger partial charge on any atom is 0.274 e. The molecule has 1 N–H and O–H groups in total. The third-order valence-electron chi connectivity index (χ3n) is 4.04. The first-order valence-corrected chi connectivity index (χ1v) is 7.50. The van der Waals surface area contributed by atoms with E-state index in [4.69, 9.17) is 0 Å². The largest absolute Gasteiger partial charge is 0.369 e. The zero-order valence-corrected chi connectivity index (χ0v) is 12.6. The SMILES string of the molecule is CCCNc1cncc(C(=O)N2CCCC(C)C2C)n1. The van der Waals surface area contributed by atoms with E-state index in [2.05, 4.69) is 36.1 Å². The highest BCUT2D eigenvalue weighted by atomic mass is 16.2. The number of nitrogens with one attached hydrogen (secondary N) is 1. The van der Waals surface area contributed by atoms with Crippen LogP contribution in [0.2, 0.25) is 0 Å². The van der Waals surface area contributed by atoms with E-state index in [1.165, 1.54) is 6.42 Å². The molecule has 0 spiro atoms. The Bertz CT molecular complexity index is 463. The molecule has 2 atom stereocenters. The normalized spacial score (nSPS) is 22.6. The summed E-state index contributed by atoms with van der Waals surface area (Å²) >= 11 is 0. The lowest BCUT2D eigenvalue weighted by Gasteiger charge is -2.37. The van der Waals surface area contributed by atoms with Gasteiger partial charge in [-0.25, -0.2) is 4.98 Å². The number of hydrogen-bond acceptors (Lipinski definition) is 4. The maximum absolute atomic E-state index is 12.6. The molecular formula is C15H24N4O. The number of nitrogens with zero attached hydrogens (tertiary/aromatic N) is 3. The molecule has 2 unspecified atom stereocenters. The fourth-order valence-corrected chi connectivity index (χ4v) is 2.58. The van der Waals surface area contributed by atoms with Crippen molar-refractivity contribution in [2.45, 2.75) is 46.1 Å². The average Bonchev–Trinajstić information content (AvgIpc) is 2.47. The molecule has 0 aliphatic carbocycles. The molecule has 1 aromatic rings. The Hall–Kier alpha value is -1.65. The molecule has 110 valence electrons. The molecule has 20 heavy (non-hydrogen) atoms. The number of piperidine rings is 1. The first-order chi connectivity index (χ1) is 9.63. The van der Waals surface area contributed by atoms with Crippen LogP contribution in [0, 0.1) is 5.92 Å². The van der Waals surface area contributed by atoms with E-state index in [1.807, 2.05) is 4.90 Å². The number of hydrogen-bond donors (Lipinski definition) is 1. The van der Waals surface area contributed by atoms with Gasteiger partial charge in [-0.05, 0) is 32.1 Å². The summed E-state index contributed by atoms with van der Waals surface area (Å²) in [7, 11) is 0. The van der Waals surface area contributed by atoms with Crippen molar-refractivity contribution in [2.75, 3.05) is 18.4 Å². The number of carbonyl (C=O) groups is 1. The van der Waals surface area contributed by atoms with Crippen LogP contribution < -0.4 is 5.32 Å². The molecule has 2 rings (SSSR count). The van der Waals surface area contributed by atoms with Crippen molar-refractivity contribution in [3.63, 3.8) is 0 Å². The molecule has 0 aromatic carbocycles. The van der Waals surface area contributed by atoms with Gasteiger partial charge in [0.05, 0.1) is 12.4 Å². The predicted octanol–water partition coefficient (Wildman–Crippen LogP) is 2.56. The second-order valence-electron chi connectivity index (χ2n) is 5.57. The number of carbonyl (C=O) groups excluding carboxylic acids is 1. The van der Waals surface area contributed by atoms with Crippen molar-refractivity contribution in [3.05, 3.63) is 18.1 Å². The van der Waals surface area contributed by atoms with Gasteiger partial charge in [0.15, 0.2) is 0 Å². The molecule has 1 amide bonds. The van der Waals surface area contributed by atoms with Crippen LogP contribution in [0.1, 0.15) is 50.5 Å². The van der Waals surface area contributed by atoms with Gasteiger partial charge >= 0.3 is 0 Å². The van der Waals surface area contributed by atoms with Crippen LogP contribution in [-0.2, 0) is 0 Å². The third-order valence-corrected chi connectivity index (χ3v) is 4.04. The molecule has 0 bridgehead atoms. The molecule has 1 aromatic heterocycles. The van der Waals surface area contributed by atoms with Crippen LogP contribution in [-0.4, -0.2) is 39.9 Å². The van der Waals surface area contributed by atoms with Crippen molar-refractivity contribution in [2.24, 2.45) is 5.92 Å². The maximum atomic E-state index is 12.6. The Morgan fingerprint density at radius 1 is 1.45 bits per heavy atom. The minimum Gasteiger partial charge on any atom is -0.369 e. The minimum absolute atomic E-state index is 0.00306. The summed E-state index contributed by atoms with van der Waals surface area (Å²) in [5.41, 5.74) is 0.437. The molecule has 1 aliphatic rings. The molecule has 1 fully saturated rings. The molecule has 0 saturated carbocycles. The summed E-state index contributed by atoms with van der Waals surface area (Å²) in [6.45, 7) is 8.07. The number of amides is 1. The molecule has 1 aliphatic heterocycles. The Kier molecular flexibility index (Phi) is 4.93. The van der Waals surface area contributed by atoms with Crippen LogP contribution in [0.5, 0.6) is 0 Å². The highest BCUT2D eigenvalue weighted by Crippen LogP contribution is 2.24. The first kappa shape index (κ1) is 14.8. The van der Waals surface area contributed by atoms with Crippen molar-refractivity contribution >= 4 is 11.7 Å². The van der Waals surface area contributed by atoms with Gasteiger partial charge in [-0.1, -0.05) is 13.8 Å². The van der Waals surface area contributed by atoms with E-state index in [-0.39, 0.29) is 11.9 Å². The lowest BCUT2D eigenvalue weighted by molar-refractivity contribution is 0.0544. The zero-order valence-electron chi connectivity index (χ0n) is 12.6. The third kappa shape index (κ3) is 3.26. The minimum atomic E-state index is -0.00306. The Labute approximate surface area is 120 Å². The van der Waals surface area contributed by atoms with Crippen LogP contribution in [0.15, 0.2) is 12.4 Å². The molecule has 1 saturated heterocycles.